The van der Waals surface area contributed by atoms with Crippen molar-refractivity contribution >= 4 is 33.5 Å². The topological polar surface area (TPSA) is 120 Å². The van der Waals surface area contributed by atoms with Gasteiger partial charge in [0.15, 0.2) is 0 Å². The molecule has 3 aromatic heterocycles. The Kier molecular flexibility index (Phi) is 5.11. The molecule has 2 aliphatic heterocycles. The van der Waals surface area contributed by atoms with E-state index in [0.717, 1.165) is 34.9 Å². The second-order valence-electron chi connectivity index (χ2n) is 9.33. The van der Waals surface area contributed by atoms with Crippen LogP contribution >= 0.6 is 0 Å². The molecule has 1 aromatic carbocycles. The van der Waals surface area contributed by atoms with Crippen molar-refractivity contribution in [3.05, 3.63) is 59.3 Å². The van der Waals surface area contributed by atoms with Crippen LogP contribution in [0.25, 0.3) is 21.8 Å². The fourth-order valence-electron chi connectivity index (χ4n) is 5.41. The second kappa shape index (κ2) is 8.32. The molecular weight excluding hydrogens is 442 g/mol. The van der Waals surface area contributed by atoms with E-state index in [0.29, 0.717) is 41.3 Å². The first kappa shape index (κ1) is 21.5. The van der Waals surface area contributed by atoms with Gasteiger partial charge in [0, 0.05) is 11.6 Å². The van der Waals surface area contributed by atoms with Crippen molar-refractivity contribution in [3.8, 4) is 6.07 Å². The van der Waals surface area contributed by atoms with Gasteiger partial charge in [0.1, 0.15) is 29.6 Å². The van der Waals surface area contributed by atoms with E-state index in [1.54, 1.807) is 6.20 Å². The lowest BCUT2D eigenvalue weighted by molar-refractivity contribution is -0.00736. The smallest absolute Gasteiger partial charge is 0.273 e. The minimum atomic E-state index is -0.271. The predicted octanol–water partition coefficient (Wildman–Crippen LogP) is 3.86. The molecule has 2 aliphatic rings. The van der Waals surface area contributed by atoms with Gasteiger partial charge in [-0.3, -0.25) is 4.79 Å². The molecule has 9 nitrogen and oxygen atoms in total. The zero-order valence-corrected chi connectivity index (χ0v) is 19.6. The summed E-state index contributed by atoms with van der Waals surface area (Å²) in [6.45, 7) is 5.16. The summed E-state index contributed by atoms with van der Waals surface area (Å²) in [4.78, 5) is 32.4. The molecule has 0 aliphatic carbocycles. The van der Waals surface area contributed by atoms with Crippen LogP contribution < -0.4 is 5.32 Å². The van der Waals surface area contributed by atoms with Crippen LogP contribution in [0, 0.1) is 18.3 Å². The summed E-state index contributed by atoms with van der Waals surface area (Å²) in [5.74, 6) is 0.515. The van der Waals surface area contributed by atoms with Crippen LogP contribution in [0.4, 0.5) is 5.82 Å². The second-order valence-corrected chi connectivity index (χ2v) is 9.33. The maximum atomic E-state index is 13.9. The van der Waals surface area contributed by atoms with E-state index < -0.39 is 0 Å². The third-order valence-corrected chi connectivity index (χ3v) is 7.15. The van der Waals surface area contributed by atoms with Crippen molar-refractivity contribution in [2.75, 3.05) is 18.5 Å². The number of H-pyrrole nitrogens is 1. The van der Waals surface area contributed by atoms with Gasteiger partial charge in [0.05, 0.1) is 48.0 Å². The van der Waals surface area contributed by atoms with Gasteiger partial charge >= 0.3 is 0 Å². The Balaban J connectivity index is 1.42. The average Bonchev–Trinajstić information content (AvgIpc) is 3.40. The van der Waals surface area contributed by atoms with E-state index in [9.17, 15) is 10.1 Å². The standard InChI is InChI=1S/C26H25N7O2/c1-14-4-3-5-16-8-20(15(2)31-25-22-17(9-27)10-28-24(22)29-13-30-25)32-23(21(14)16)26(34)33-18-6-7-19(33)12-35-11-18/h3-5,8,10,13,15,18-19H,6-7,11-12H2,1-2H3,(H2,28,29,30,31)/t15-,18?,19?/m0/s1. The number of pyridine rings is 1. The van der Waals surface area contributed by atoms with Crippen LogP contribution in [0.3, 0.4) is 0 Å². The molecule has 2 unspecified atom stereocenters. The van der Waals surface area contributed by atoms with Gasteiger partial charge in [-0.2, -0.15) is 5.26 Å². The largest absolute Gasteiger partial charge is 0.377 e. The highest BCUT2D eigenvalue weighted by Crippen LogP contribution is 2.34. The van der Waals surface area contributed by atoms with Crippen LogP contribution in [0.5, 0.6) is 0 Å². The molecule has 1 amide bonds. The number of nitriles is 1. The molecular formula is C26H25N7O2. The van der Waals surface area contributed by atoms with Crippen LogP contribution in [-0.2, 0) is 4.74 Å². The van der Waals surface area contributed by atoms with Gasteiger partial charge in [0.25, 0.3) is 5.91 Å². The Morgan fingerprint density at radius 2 is 2.06 bits per heavy atom. The molecule has 0 spiro atoms. The number of ether oxygens (including phenoxy) is 1. The van der Waals surface area contributed by atoms with Crippen molar-refractivity contribution in [3.63, 3.8) is 0 Å². The molecule has 176 valence electrons. The number of hydrogen-bond acceptors (Lipinski definition) is 7. The quantitative estimate of drug-likeness (QED) is 0.468. The van der Waals surface area contributed by atoms with Gasteiger partial charge in [-0.05, 0) is 43.7 Å². The third kappa shape index (κ3) is 3.49. The highest BCUT2D eigenvalue weighted by molar-refractivity contribution is 6.07. The van der Waals surface area contributed by atoms with E-state index in [-0.39, 0.29) is 24.0 Å². The van der Waals surface area contributed by atoms with Crippen molar-refractivity contribution < 1.29 is 9.53 Å². The summed E-state index contributed by atoms with van der Waals surface area (Å²) in [6.07, 6.45) is 5.01. The summed E-state index contributed by atoms with van der Waals surface area (Å²) in [5.41, 5.74) is 3.29. The summed E-state index contributed by atoms with van der Waals surface area (Å²) in [7, 11) is 0. The number of rotatable bonds is 4. The number of anilines is 1. The van der Waals surface area contributed by atoms with Crippen molar-refractivity contribution in [2.24, 2.45) is 0 Å². The summed E-state index contributed by atoms with van der Waals surface area (Å²) in [5, 5.41) is 15.4. The number of carbonyl (C=O) groups is 1. The number of benzene rings is 1. The molecule has 4 aromatic rings. The lowest BCUT2D eigenvalue weighted by Crippen LogP contribution is -2.49. The number of carbonyl (C=O) groups excluding carboxylic acids is 1. The zero-order valence-electron chi connectivity index (χ0n) is 19.6. The maximum absolute atomic E-state index is 13.9. The number of aromatic amines is 1. The van der Waals surface area contributed by atoms with Crippen molar-refractivity contribution in [1.29, 1.82) is 5.26 Å². The number of hydrogen-bond donors (Lipinski definition) is 2. The van der Waals surface area contributed by atoms with E-state index in [1.807, 2.05) is 43.0 Å². The number of fused-ring (bicyclic) bond motifs is 4. The summed E-state index contributed by atoms with van der Waals surface area (Å²) in [6, 6.07) is 10.2. The predicted molar refractivity (Wildman–Crippen MR) is 131 cm³/mol. The van der Waals surface area contributed by atoms with Gasteiger partial charge in [-0.25, -0.2) is 15.0 Å². The van der Waals surface area contributed by atoms with E-state index in [1.165, 1.54) is 6.33 Å². The molecule has 5 heterocycles. The van der Waals surface area contributed by atoms with E-state index >= 15 is 0 Å². The third-order valence-electron chi connectivity index (χ3n) is 7.15. The molecule has 2 fully saturated rings. The first-order valence-electron chi connectivity index (χ1n) is 11.8. The molecule has 35 heavy (non-hydrogen) atoms. The minimum absolute atomic E-state index is 0.0315. The first-order valence-corrected chi connectivity index (χ1v) is 11.8. The molecule has 0 saturated carbocycles. The van der Waals surface area contributed by atoms with Gasteiger partial charge < -0.3 is 19.9 Å². The van der Waals surface area contributed by atoms with Crippen LogP contribution in [0.1, 0.15) is 53.1 Å². The monoisotopic (exact) mass is 467 g/mol. The van der Waals surface area contributed by atoms with Gasteiger partial charge in [-0.15, -0.1) is 0 Å². The van der Waals surface area contributed by atoms with Crippen molar-refractivity contribution in [1.82, 2.24) is 24.8 Å². The maximum Gasteiger partial charge on any atom is 0.273 e. The Morgan fingerprint density at radius 1 is 1.26 bits per heavy atom. The Morgan fingerprint density at radius 3 is 2.83 bits per heavy atom. The molecule has 3 atom stereocenters. The Bertz CT molecular complexity index is 1490. The first-order chi connectivity index (χ1) is 17.0. The SMILES string of the molecule is Cc1cccc2cc([C@H](C)Nc3ncnc4[nH]cc(C#N)c34)nc(C(=O)N3C4CCC3COC4)c12. The fourth-order valence-corrected chi connectivity index (χ4v) is 5.41. The number of aromatic nitrogens is 4. The highest BCUT2D eigenvalue weighted by atomic mass is 16.5. The molecule has 2 N–H and O–H groups in total. The average molecular weight is 468 g/mol. The number of morpholine rings is 1. The normalized spacial score (nSPS) is 20.2. The molecule has 6 rings (SSSR count). The van der Waals surface area contributed by atoms with Crippen LogP contribution in [-0.4, -0.2) is 56.0 Å². The number of amides is 1. The van der Waals surface area contributed by atoms with E-state index in [4.69, 9.17) is 9.72 Å². The Hall–Kier alpha value is -4.03. The Labute approximate surface area is 202 Å². The van der Waals surface area contributed by atoms with Gasteiger partial charge in [-0.1, -0.05) is 18.2 Å². The van der Waals surface area contributed by atoms with Crippen LogP contribution in [0.2, 0.25) is 0 Å². The number of nitrogens with zero attached hydrogens (tertiary/aromatic N) is 5. The molecule has 0 radical (unpaired) electrons. The zero-order chi connectivity index (χ0) is 24.1. The summed E-state index contributed by atoms with van der Waals surface area (Å²) < 4.78 is 5.70. The lowest BCUT2D eigenvalue weighted by atomic mass is 10.0. The van der Waals surface area contributed by atoms with Crippen LogP contribution in [0.15, 0.2) is 36.8 Å². The number of aryl methyl sites for hydroxylation is 1. The lowest BCUT2D eigenvalue weighted by Gasteiger charge is -2.34. The van der Waals surface area contributed by atoms with E-state index in [2.05, 4.69) is 26.3 Å². The molecule has 2 bridgehead atoms. The summed E-state index contributed by atoms with van der Waals surface area (Å²) >= 11 is 0. The fraction of sp³-hybridized carbons (Fsp3) is 0.346. The van der Waals surface area contributed by atoms with Crippen molar-refractivity contribution in [2.45, 2.75) is 44.8 Å². The van der Waals surface area contributed by atoms with Gasteiger partial charge in [0.2, 0.25) is 0 Å². The minimum Gasteiger partial charge on any atom is -0.377 e. The molecule has 2 saturated heterocycles. The molecule has 9 heteroatoms. The number of nitrogens with one attached hydrogen (secondary N) is 2. The highest BCUT2D eigenvalue weighted by Gasteiger charge is 2.41.